The van der Waals surface area contributed by atoms with Crippen molar-refractivity contribution in [2.45, 2.75) is 6.42 Å². The lowest BCUT2D eigenvalue weighted by atomic mass is 9.85. The molecule has 2 bridgehead atoms. The Balaban J connectivity index is 1.78. The smallest absolute Gasteiger partial charge is 0.238 e. The number of fused-ring (bicyclic) bond motifs is 5. The molecule has 0 N–H and O–H groups in total. The fourth-order valence-electron chi connectivity index (χ4n) is 3.95. The Morgan fingerprint density at radius 1 is 1.05 bits per heavy atom. The third kappa shape index (κ3) is 1.31. The van der Waals surface area contributed by atoms with Gasteiger partial charge in [-0.3, -0.25) is 9.59 Å². The van der Waals surface area contributed by atoms with Crippen molar-refractivity contribution in [3.63, 3.8) is 0 Å². The SMILES string of the molecule is COc1ccccc1N1C(=O)[C@@H]2[C@H](C1=O)[C@@H]1C=C[C@H]2C1. The Hall–Kier alpha value is -2.10. The molecule has 2 aliphatic carbocycles. The molecule has 0 aromatic heterocycles. The van der Waals surface area contributed by atoms with E-state index in [0.29, 0.717) is 11.4 Å². The van der Waals surface area contributed by atoms with Gasteiger partial charge in [0.05, 0.1) is 24.6 Å². The number of amides is 2. The molecule has 1 aromatic carbocycles. The number of carbonyl (C=O) groups excluding carboxylic acids is 2. The number of hydrogen-bond donors (Lipinski definition) is 0. The van der Waals surface area contributed by atoms with Gasteiger partial charge in [0.25, 0.3) is 0 Å². The van der Waals surface area contributed by atoms with Crippen LogP contribution in [0.4, 0.5) is 5.69 Å². The van der Waals surface area contributed by atoms with E-state index < -0.39 is 0 Å². The van der Waals surface area contributed by atoms with Crippen LogP contribution in [-0.2, 0) is 9.59 Å². The minimum atomic E-state index is -0.164. The Labute approximate surface area is 117 Å². The lowest BCUT2D eigenvalue weighted by Gasteiger charge is -2.19. The molecule has 0 spiro atoms. The molecule has 1 aliphatic heterocycles. The van der Waals surface area contributed by atoms with Crippen LogP contribution in [-0.4, -0.2) is 18.9 Å². The summed E-state index contributed by atoms with van der Waals surface area (Å²) in [5.74, 6) is 0.573. The van der Waals surface area contributed by atoms with E-state index in [1.54, 1.807) is 19.2 Å². The average molecular weight is 269 g/mol. The largest absolute Gasteiger partial charge is 0.495 e. The van der Waals surface area contributed by atoms with Gasteiger partial charge in [-0.2, -0.15) is 0 Å². The van der Waals surface area contributed by atoms with Gasteiger partial charge in [0, 0.05) is 0 Å². The van der Waals surface area contributed by atoms with Crippen LogP contribution in [0.2, 0.25) is 0 Å². The molecule has 20 heavy (non-hydrogen) atoms. The number of allylic oxidation sites excluding steroid dienone is 2. The predicted molar refractivity (Wildman–Crippen MR) is 73.2 cm³/mol. The molecule has 0 unspecified atom stereocenters. The lowest BCUT2D eigenvalue weighted by Crippen LogP contribution is -2.33. The number of rotatable bonds is 2. The van der Waals surface area contributed by atoms with Crippen molar-refractivity contribution in [2.24, 2.45) is 23.7 Å². The van der Waals surface area contributed by atoms with Crippen molar-refractivity contribution in [2.75, 3.05) is 12.0 Å². The standard InChI is InChI=1S/C16H15NO3/c1-20-12-5-3-2-4-11(12)17-15(18)13-9-6-7-10(8-9)14(13)16(17)19/h2-7,9-10,13-14H,8H2,1H3/t9-,10+,13-,14+. The minimum absolute atomic E-state index is 0.0682. The summed E-state index contributed by atoms with van der Waals surface area (Å²) < 4.78 is 5.28. The first kappa shape index (κ1) is 11.7. The number of benzene rings is 1. The second-order valence-electron chi connectivity index (χ2n) is 5.68. The summed E-state index contributed by atoms with van der Waals surface area (Å²) in [5, 5.41) is 0. The van der Waals surface area contributed by atoms with E-state index in [2.05, 4.69) is 12.2 Å². The number of para-hydroxylation sites is 2. The monoisotopic (exact) mass is 269 g/mol. The second kappa shape index (κ2) is 3.95. The van der Waals surface area contributed by atoms with Gasteiger partial charge in [0.2, 0.25) is 11.8 Å². The van der Waals surface area contributed by atoms with E-state index in [1.807, 2.05) is 12.1 Å². The van der Waals surface area contributed by atoms with Crippen LogP contribution in [0.15, 0.2) is 36.4 Å². The second-order valence-corrected chi connectivity index (χ2v) is 5.68. The number of methoxy groups -OCH3 is 1. The van der Waals surface area contributed by atoms with Gasteiger partial charge in [0.15, 0.2) is 0 Å². The number of nitrogens with zero attached hydrogens (tertiary/aromatic N) is 1. The van der Waals surface area contributed by atoms with E-state index in [0.717, 1.165) is 6.42 Å². The Bertz CT molecular complexity index is 606. The zero-order valence-electron chi connectivity index (χ0n) is 11.2. The van der Waals surface area contributed by atoms with E-state index in [4.69, 9.17) is 4.74 Å². The molecule has 4 rings (SSSR count). The van der Waals surface area contributed by atoms with Gasteiger partial charge in [-0.1, -0.05) is 24.3 Å². The molecular formula is C16H15NO3. The van der Waals surface area contributed by atoms with Crippen LogP contribution >= 0.6 is 0 Å². The highest BCUT2D eigenvalue weighted by molar-refractivity contribution is 6.23. The van der Waals surface area contributed by atoms with Gasteiger partial charge in [0.1, 0.15) is 5.75 Å². The minimum Gasteiger partial charge on any atom is -0.495 e. The molecule has 1 saturated carbocycles. The van der Waals surface area contributed by atoms with Crippen molar-refractivity contribution in [1.82, 2.24) is 0 Å². The van der Waals surface area contributed by atoms with Crippen molar-refractivity contribution in [1.29, 1.82) is 0 Å². The van der Waals surface area contributed by atoms with Gasteiger partial charge in [-0.25, -0.2) is 4.90 Å². The summed E-state index contributed by atoms with van der Waals surface area (Å²) >= 11 is 0. The average Bonchev–Trinajstić information content (AvgIpc) is 3.13. The molecular weight excluding hydrogens is 254 g/mol. The highest BCUT2D eigenvalue weighted by Gasteiger charge is 2.59. The van der Waals surface area contributed by atoms with Gasteiger partial charge < -0.3 is 4.74 Å². The first-order valence-electron chi connectivity index (χ1n) is 6.91. The third-order valence-electron chi connectivity index (χ3n) is 4.80. The summed E-state index contributed by atoms with van der Waals surface area (Å²) in [7, 11) is 1.55. The maximum atomic E-state index is 12.7. The number of anilines is 1. The molecule has 4 nitrogen and oxygen atoms in total. The Kier molecular flexibility index (Phi) is 2.31. The van der Waals surface area contributed by atoms with Crippen LogP contribution in [0.3, 0.4) is 0 Å². The highest BCUT2D eigenvalue weighted by atomic mass is 16.5. The van der Waals surface area contributed by atoms with E-state index >= 15 is 0 Å². The quantitative estimate of drug-likeness (QED) is 0.609. The number of ether oxygens (including phenoxy) is 1. The Morgan fingerprint density at radius 2 is 1.65 bits per heavy atom. The van der Waals surface area contributed by atoms with Crippen molar-refractivity contribution in [3.05, 3.63) is 36.4 Å². The molecule has 102 valence electrons. The van der Waals surface area contributed by atoms with Crippen LogP contribution in [0.1, 0.15) is 6.42 Å². The summed E-state index contributed by atoms with van der Waals surface area (Å²) in [5.41, 5.74) is 0.568. The fraction of sp³-hybridized carbons (Fsp3) is 0.375. The zero-order valence-corrected chi connectivity index (χ0v) is 11.2. The molecule has 1 heterocycles. The number of carbonyl (C=O) groups is 2. The molecule has 4 heteroatoms. The predicted octanol–water partition coefficient (Wildman–Crippen LogP) is 2.01. The van der Waals surface area contributed by atoms with Gasteiger partial charge in [-0.05, 0) is 30.4 Å². The summed E-state index contributed by atoms with van der Waals surface area (Å²) in [4.78, 5) is 26.7. The summed E-state index contributed by atoms with van der Waals surface area (Å²) in [6.07, 6.45) is 5.15. The van der Waals surface area contributed by atoms with Crippen LogP contribution < -0.4 is 9.64 Å². The van der Waals surface area contributed by atoms with Crippen molar-refractivity contribution < 1.29 is 14.3 Å². The van der Waals surface area contributed by atoms with Crippen molar-refractivity contribution in [3.8, 4) is 5.75 Å². The Morgan fingerprint density at radius 3 is 2.25 bits per heavy atom. The first-order chi connectivity index (χ1) is 9.72. The zero-order chi connectivity index (χ0) is 13.9. The summed E-state index contributed by atoms with van der Waals surface area (Å²) in [6, 6.07) is 7.20. The lowest BCUT2D eigenvalue weighted by molar-refractivity contribution is -0.123. The highest BCUT2D eigenvalue weighted by Crippen LogP contribution is 2.53. The molecule has 2 amide bonds. The van der Waals surface area contributed by atoms with Crippen LogP contribution in [0.5, 0.6) is 5.75 Å². The molecule has 1 saturated heterocycles. The van der Waals surface area contributed by atoms with Gasteiger partial charge >= 0.3 is 0 Å². The topological polar surface area (TPSA) is 46.6 Å². The maximum Gasteiger partial charge on any atom is 0.238 e. The van der Waals surface area contributed by atoms with E-state index in [1.165, 1.54) is 4.90 Å². The van der Waals surface area contributed by atoms with Gasteiger partial charge in [-0.15, -0.1) is 0 Å². The number of imide groups is 1. The van der Waals surface area contributed by atoms with Crippen LogP contribution in [0, 0.1) is 23.7 Å². The van der Waals surface area contributed by atoms with E-state index in [-0.39, 0.29) is 35.5 Å². The van der Waals surface area contributed by atoms with Crippen molar-refractivity contribution >= 4 is 17.5 Å². The summed E-state index contributed by atoms with van der Waals surface area (Å²) in [6.45, 7) is 0. The van der Waals surface area contributed by atoms with Crippen LogP contribution in [0.25, 0.3) is 0 Å². The van der Waals surface area contributed by atoms with E-state index in [9.17, 15) is 9.59 Å². The molecule has 3 aliphatic rings. The molecule has 2 fully saturated rings. The maximum absolute atomic E-state index is 12.7. The number of hydrogen-bond acceptors (Lipinski definition) is 3. The molecule has 0 radical (unpaired) electrons. The first-order valence-corrected chi connectivity index (χ1v) is 6.91. The normalized spacial score (nSPS) is 34.0. The molecule has 4 atom stereocenters. The fourth-order valence-corrected chi connectivity index (χ4v) is 3.95. The molecule has 1 aromatic rings. The third-order valence-corrected chi connectivity index (χ3v) is 4.80.